The number of amides is 1. The van der Waals surface area contributed by atoms with E-state index in [9.17, 15) is 13.2 Å². The Morgan fingerprint density at radius 3 is 2.49 bits per heavy atom. The van der Waals surface area contributed by atoms with Gasteiger partial charge < -0.3 is 19.8 Å². The molecule has 2 N–H and O–H groups in total. The summed E-state index contributed by atoms with van der Waals surface area (Å²) in [5.74, 6) is 1.89. The first-order valence-electron chi connectivity index (χ1n) is 12.0. The van der Waals surface area contributed by atoms with Crippen LogP contribution in [-0.2, 0) is 14.8 Å². The lowest BCUT2D eigenvalue weighted by Gasteiger charge is -2.30. The van der Waals surface area contributed by atoms with Crippen molar-refractivity contribution in [1.29, 1.82) is 0 Å². The molecule has 1 amide bonds. The van der Waals surface area contributed by atoms with E-state index in [1.807, 2.05) is 24.3 Å². The molecule has 1 saturated heterocycles. The summed E-state index contributed by atoms with van der Waals surface area (Å²) in [6.45, 7) is 0.654. The number of aromatic nitrogens is 2. The van der Waals surface area contributed by atoms with Crippen LogP contribution in [0.4, 0.5) is 5.69 Å². The topological polar surface area (TPSA) is 114 Å². The number of carbonyl (C=O) groups excluding carboxylic acids is 1. The molecule has 0 saturated carbocycles. The number of hydrogen-bond donors (Lipinski definition) is 2. The van der Waals surface area contributed by atoms with E-state index in [-0.39, 0.29) is 23.3 Å². The van der Waals surface area contributed by atoms with Crippen LogP contribution < -0.4 is 14.8 Å². The molecule has 192 valence electrons. The molecule has 0 aliphatic carbocycles. The second-order valence-electron chi connectivity index (χ2n) is 8.86. The van der Waals surface area contributed by atoms with Crippen molar-refractivity contribution < 1.29 is 22.7 Å². The second-order valence-corrected chi connectivity index (χ2v) is 10.8. The molecule has 9 nitrogen and oxygen atoms in total. The number of fused-ring (bicyclic) bond motifs is 1. The Kier molecular flexibility index (Phi) is 7.11. The zero-order valence-electron chi connectivity index (χ0n) is 20.4. The number of anilines is 1. The highest BCUT2D eigenvalue weighted by atomic mass is 32.2. The molecule has 2 heterocycles. The minimum absolute atomic E-state index is 0.187. The third kappa shape index (κ3) is 5.60. The highest BCUT2D eigenvalue weighted by molar-refractivity contribution is 7.89. The Balaban J connectivity index is 1.15. The SMILES string of the molecule is COc1cccc(OCC(=O)Nc2ccc(S(=O)(=O)N3CCC(c4nc5ccccc5[nH]4)CC3)cc2)c1. The van der Waals surface area contributed by atoms with Crippen LogP contribution in [0, 0.1) is 0 Å². The molecule has 1 aromatic heterocycles. The molecular weight excluding hydrogens is 492 g/mol. The van der Waals surface area contributed by atoms with Crippen LogP contribution >= 0.6 is 0 Å². The van der Waals surface area contributed by atoms with Gasteiger partial charge in [-0.1, -0.05) is 18.2 Å². The number of ether oxygens (including phenoxy) is 2. The molecule has 1 aliphatic heterocycles. The van der Waals surface area contributed by atoms with Gasteiger partial charge in [0.25, 0.3) is 5.91 Å². The number of para-hydroxylation sites is 2. The molecule has 37 heavy (non-hydrogen) atoms. The second kappa shape index (κ2) is 10.6. The number of sulfonamides is 1. The van der Waals surface area contributed by atoms with Crippen LogP contribution in [0.2, 0.25) is 0 Å². The monoisotopic (exact) mass is 520 g/mol. The number of aromatic amines is 1. The van der Waals surface area contributed by atoms with E-state index < -0.39 is 10.0 Å². The lowest BCUT2D eigenvalue weighted by Crippen LogP contribution is -2.38. The molecule has 3 aromatic carbocycles. The number of methoxy groups -OCH3 is 1. The van der Waals surface area contributed by atoms with Crippen LogP contribution in [0.1, 0.15) is 24.6 Å². The Hall–Kier alpha value is -3.89. The Labute approximate surface area is 215 Å². The number of benzene rings is 3. The number of rotatable bonds is 8. The minimum Gasteiger partial charge on any atom is -0.497 e. The van der Waals surface area contributed by atoms with Crippen molar-refractivity contribution in [2.24, 2.45) is 0 Å². The number of nitrogens with zero attached hydrogens (tertiary/aromatic N) is 2. The van der Waals surface area contributed by atoms with Crippen LogP contribution in [0.3, 0.4) is 0 Å². The Morgan fingerprint density at radius 2 is 1.76 bits per heavy atom. The van der Waals surface area contributed by atoms with Crippen molar-refractivity contribution >= 4 is 32.7 Å². The Bertz CT molecular complexity index is 1460. The van der Waals surface area contributed by atoms with Crippen molar-refractivity contribution in [1.82, 2.24) is 14.3 Å². The van der Waals surface area contributed by atoms with E-state index in [0.29, 0.717) is 43.1 Å². The maximum absolute atomic E-state index is 13.2. The van der Waals surface area contributed by atoms with Gasteiger partial charge in [-0.2, -0.15) is 4.31 Å². The van der Waals surface area contributed by atoms with Gasteiger partial charge >= 0.3 is 0 Å². The predicted octanol–water partition coefficient (Wildman–Crippen LogP) is 4.16. The maximum Gasteiger partial charge on any atom is 0.262 e. The van der Waals surface area contributed by atoms with Gasteiger partial charge in [0.05, 0.1) is 23.0 Å². The number of piperidine rings is 1. The van der Waals surface area contributed by atoms with Crippen molar-refractivity contribution in [2.45, 2.75) is 23.7 Å². The summed E-state index contributed by atoms with van der Waals surface area (Å²) in [6, 6.07) is 21.0. The minimum atomic E-state index is -3.64. The first kappa shape index (κ1) is 24.8. The fraction of sp³-hybridized carbons (Fsp3) is 0.259. The number of nitrogens with one attached hydrogen (secondary N) is 2. The molecule has 5 rings (SSSR count). The quantitative estimate of drug-likeness (QED) is 0.361. The number of hydrogen-bond acceptors (Lipinski definition) is 6. The highest BCUT2D eigenvalue weighted by Gasteiger charge is 2.31. The Morgan fingerprint density at radius 1 is 1.03 bits per heavy atom. The van der Waals surface area contributed by atoms with Crippen LogP contribution in [0.15, 0.2) is 77.7 Å². The van der Waals surface area contributed by atoms with Gasteiger partial charge in [-0.15, -0.1) is 0 Å². The number of carbonyl (C=O) groups is 1. The van der Waals surface area contributed by atoms with E-state index in [4.69, 9.17) is 9.47 Å². The van der Waals surface area contributed by atoms with E-state index in [0.717, 1.165) is 16.9 Å². The third-order valence-electron chi connectivity index (χ3n) is 6.44. The van der Waals surface area contributed by atoms with Crippen molar-refractivity contribution in [2.75, 3.05) is 32.1 Å². The van der Waals surface area contributed by atoms with Gasteiger partial charge in [0.15, 0.2) is 6.61 Å². The van der Waals surface area contributed by atoms with Gasteiger partial charge in [0, 0.05) is 30.8 Å². The van der Waals surface area contributed by atoms with Crippen LogP contribution in [0.25, 0.3) is 11.0 Å². The average Bonchev–Trinajstić information content (AvgIpc) is 3.37. The first-order valence-corrected chi connectivity index (χ1v) is 13.5. The normalized spacial score (nSPS) is 14.9. The lowest BCUT2D eigenvalue weighted by molar-refractivity contribution is -0.118. The summed E-state index contributed by atoms with van der Waals surface area (Å²) in [4.78, 5) is 20.5. The highest BCUT2D eigenvalue weighted by Crippen LogP contribution is 2.30. The van der Waals surface area contributed by atoms with Gasteiger partial charge in [-0.05, 0) is 61.4 Å². The summed E-state index contributed by atoms with van der Waals surface area (Å²) in [7, 11) is -2.08. The van der Waals surface area contributed by atoms with E-state index in [1.165, 1.54) is 16.4 Å². The smallest absolute Gasteiger partial charge is 0.262 e. The van der Waals surface area contributed by atoms with Gasteiger partial charge in [-0.25, -0.2) is 13.4 Å². The zero-order valence-corrected chi connectivity index (χ0v) is 21.2. The molecule has 0 bridgehead atoms. The molecule has 0 unspecified atom stereocenters. The van der Waals surface area contributed by atoms with E-state index in [1.54, 1.807) is 43.5 Å². The van der Waals surface area contributed by atoms with Gasteiger partial charge in [0.1, 0.15) is 17.3 Å². The summed E-state index contributed by atoms with van der Waals surface area (Å²) in [6.07, 6.45) is 1.39. The summed E-state index contributed by atoms with van der Waals surface area (Å²) in [5.41, 5.74) is 2.40. The average molecular weight is 521 g/mol. The molecule has 4 aromatic rings. The molecule has 1 fully saturated rings. The summed E-state index contributed by atoms with van der Waals surface area (Å²) >= 11 is 0. The molecule has 0 radical (unpaired) electrons. The standard InChI is InChI=1S/C27H28N4O5S/c1-35-21-5-4-6-22(17-21)36-18-26(32)28-20-9-11-23(12-10-20)37(33,34)31-15-13-19(14-16-31)27-29-24-7-2-3-8-25(24)30-27/h2-12,17,19H,13-16,18H2,1H3,(H,28,32)(H,29,30). The van der Waals surface area contributed by atoms with Crippen LogP contribution in [0.5, 0.6) is 11.5 Å². The van der Waals surface area contributed by atoms with E-state index >= 15 is 0 Å². The third-order valence-corrected chi connectivity index (χ3v) is 8.35. The number of imidazole rings is 1. The molecule has 10 heteroatoms. The fourth-order valence-electron chi connectivity index (χ4n) is 4.43. The van der Waals surface area contributed by atoms with Crippen molar-refractivity contribution in [3.05, 3.63) is 78.6 Å². The molecule has 0 atom stereocenters. The van der Waals surface area contributed by atoms with Gasteiger partial charge in [0.2, 0.25) is 10.0 Å². The molecular formula is C27H28N4O5S. The van der Waals surface area contributed by atoms with E-state index in [2.05, 4.69) is 15.3 Å². The van der Waals surface area contributed by atoms with Crippen molar-refractivity contribution in [3.8, 4) is 11.5 Å². The predicted molar refractivity (Wildman–Crippen MR) is 140 cm³/mol. The molecule has 1 aliphatic rings. The first-order chi connectivity index (χ1) is 17.9. The van der Waals surface area contributed by atoms with Crippen LogP contribution in [-0.4, -0.2) is 55.4 Å². The number of H-pyrrole nitrogens is 1. The fourth-order valence-corrected chi connectivity index (χ4v) is 5.90. The largest absolute Gasteiger partial charge is 0.497 e. The summed E-state index contributed by atoms with van der Waals surface area (Å²) in [5, 5.41) is 2.72. The zero-order chi connectivity index (χ0) is 25.8. The summed E-state index contributed by atoms with van der Waals surface area (Å²) < 4.78 is 38.6. The lowest BCUT2D eigenvalue weighted by atomic mass is 9.97. The van der Waals surface area contributed by atoms with Gasteiger partial charge in [-0.3, -0.25) is 4.79 Å². The maximum atomic E-state index is 13.2. The molecule has 0 spiro atoms. The van der Waals surface area contributed by atoms with Crippen molar-refractivity contribution in [3.63, 3.8) is 0 Å².